The highest BCUT2D eigenvalue weighted by Gasteiger charge is 2.43. The van der Waals surface area contributed by atoms with E-state index < -0.39 is 0 Å². The number of hydrogen-bond donors (Lipinski definition) is 1. The molecule has 1 N–H and O–H groups in total. The van der Waals surface area contributed by atoms with E-state index in [1.54, 1.807) is 0 Å². The SMILES string of the molecule is CCCC(C)C(NCC)C1CCOC2(CCSC2)C1. The molecular formula is C16H31NOS. The Morgan fingerprint density at radius 3 is 2.89 bits per heavy atom. The molecule has 1 spiro atoms. The van der Waals surface area contributed by atoms with Crippen molar-refractivity contribution in [2.75, 3.05) is 24.7 Å². The van der Waals surface area contributed by atoms with Crippen molar-refractivity contribution in [2.24, 2.45) is 11.8 Å². The van der Waals surface area contributed by atoms with E-state index in [-0.39, 0.29) is 5.60 Å². The minimum atomic E-state index is 0.229. The molecule has 2 saturated heterocycles. The molecule has 19 heavy (non-hydrogen) atoms. The Kier molecular flexibility index (Phi) is 6.04. The number of hydrogen-bond acceptors (Lipinski definition) is 3. The molecule has 2 rings (SSSR count). The Bertz CT molecular complexity index is 265. The summed E-state index contributed by atoms with van der Waals surface area (Å²) in [5.41, 5.74) is 0.229. The van der Waals surface area contributed by atoms with E-state index >= 15 is 0 Å². The van der Waals surface area contributed by atoms with Gasteiger partial charge in [0.25, 0.3) is 0 Å². The molecule has 0 aromatic rings. The number of ether oxygens (including phenoxy) is 1. The lowest BCUT2D eigenvalue weighted by Gasteiger charge is -2.43. The Morgan fingerprint density at radius 1 is 1.42 bits per heavy atom. The highest BCUT2D eigenvalue weighted by Crippen LogP contribution is 2.42. The largest absolute Gasteiger partial charge is 0.374 e. The molecule has 4 unspecified atom stereocenters. The third-order valence-corrected chi connectivity index (χ3v) is 6.13. The van der Waals surface area contributed by atoms with E-state index in [9.17, 15) is 0 Å². The quantitative estimate of drug-likeness (QED) is 0.804. The average Bonchev–Trinajstić information content (AvgIpc) is 2.84. The number of nitrogens with one attached hydrogen (secondary N) is 1. The molecule has 112 valence electrons. The summed E-state index contributed by atoms with van der Waals surface area (Å²) in [6.07, 6.45) is 6.45. The summed E-state index contributed by atoms with van der Waals surface area (Å²) in [4.78, 5) is 0. The van der Waals surface area contributed by atoms with Crippen LogP contribution in [-0.4, -0.2) is 36.3 Å². The second kappa shape index (κ2) is 7.33. The van der Waals surface area contributed by atoms with Crippen molar-refractivity contribution in [3.05, 3.63) is 0 Å². The van der Waals surface area contributed by atoms with Crippen LogP contribution in [-0.2, 0) is 4.74 Å². The summed E-state index contributed by atoms with van der Waals surface area (Å²) in [6, 6.07) is 0.691. The first kappa shape index (κ1) is 15.7. The Labute approximate surface area is 123 Å². The van der Waals surface area contributed by atoms with Crippen LogP contribution in [0.3, 0.4) is 0 Å². The molecule has 0 aromatic carbocycles. The highest BCUT2D eigenvalue weighted by atomic mass is 32.2. The zero-order valence-electron chi connectivity index (χ0n) is 12.9. The van der Waals surface area contributed by atoms with E-state index in [1.807, 2.05) is 0 Å². The van der Waals surface area contributed by atoms with Crippen molar-refractivity contribution in [3.63, 3.8) is 0 Å². The summed E-state index contributed by atoms with van der Waals surface area (Å²) in [6.45, 7) is 9.05. The molecule has 2 heterocycles. The summed E-state index contributed by atoms with van der Waals surface area (Å²) in [5.74, 6) is 4.13. The maximum Gasteiger partial charge on any atom is 0.0783 e. The molecule has 2 aliphatic rings. The molecule has 3 heteroatoms. The number of rotatable bonds is 6. The summed E-state index contributed by atoms with van der Waals surface area (Å²) >= 11 is 2.08. The lowest BCUT2D eigenvalue weighted by Crippen LogP contribution is -2.49. The zero-order valence-corrected chi connectivity index (χ0v) is 13.7. The van der Waals surface area contributed by atoms with Crippen LogP contribution in [0.15, 0.2) is 0 Å². The molecular weight excluding hydrogens is 254 g/mol. The third-order valence-electron chi connectivity index (χ3n) is 4.90. The van der Waals surface area contributed by atoms with Crippen molar-refractivity contribution in [1.82, 2.24) is 5.32 Å². The van der Waals surface area contributed by atoms with E-state index in [0.29, 0.717) is 6.04 Å². The third kappa shape index (κ3) is 3.89. The van der Waals surface area contributed by atoms with Gasteiger partial charge in [-0.15, -0.1) is 0 Å². The van der Waals surface area contributed by atoms with Gasteiger partial charge in [-0.3, -0.25) is 0 Å². The minimum Gasteiger partial charge on any atom is -0.374 e. The first-order valence-corrected chi connectivity index (χ1v) is 9.31. The molecule has 0 aliphatic carbocycles. The molecule has 0 amide bonds. The van der Waals surface area contributed by atoms with Gasteiger partial charge in [0.15, 0.2) is 0 Å². The second-order valence-corrected chi connectivity index (χ2v) is 7.54. The predicted molar refractivity (Wildman–Crippen MR) is 84.9 cm³/mol. The minimum absolute atomic E-state index is 0.229. The molecule has 0 aromatic heterocycles. The normalized spacial score (nSPS) is 34.6. The van der Waals surface area contributed by atoms with E-state index in [2.05, 4.69) is 37.8 Å². The van der Waals surface area contributed by atoms with Gasteiger partial charge in [-0.1, -0.05) is 27.2 Å². The van der Waals surface area contributed by atoms with E-state index in [0.717, 1.165) is 25.0 Å². The topological polar surface area (TPSA) is 21.3 Å². The van der Waals surface area contributed by atoms with Crippen LogP contribution in [0.1, 0.15) is 52.9 Å². The first-order valence-electron chi connectivity index (χ1n) is 8.16. The van der Waals surface area contributed by atoms with Crippen molar-refractivity contribution in [1.29, 1.82) is 0 Å². The molecule has 2 fully saturated rings. The Morgan fingerprint density at radius 2 is 2.26 bits per heavy atom. The van der Waals surface area contributed by atoms with Crippen molar-refractivity contribution in [2.45, 2.75) is 64.5 Å². The monoisotopic (exact) mass is 285 g/mol. The number of thioether (sulfide) groups is 1. The van der Waals surface area contributed by atoms with Crippen LogP contribution >= 0.6 is 11.8 Å². The molecule has 4 atom stereocenters. The van der Waals surface area contributed by atoms with E-state index in [1.165, 1.54) is 43.6 Å². The van der Waals surface area contributed by atoms with Gasteiger partial charge in [0.05, 0.1) is 5.60 Å². The highest BCUT2D eigenvalue weighted by molar-refractivity contribution is 7.99. The molecule has 0 bridgehead atoms. The van der Waals surface area contributed by atoms with Crippen molar-refractivity contribution < 1.29 is 4.74 Å². The summed E-state index contributed by atoms with van der Waals surface area (Å²) in [7, 11) is 0. The maximum atomic E-state index is 6.18. The Balaban J connectivity index is 1.99. The maximum absolute atomic E-state index is 6.18. The second-order valence-electron chi connectivity index (χ2n) is 6.44. The summed E-state index contributed by atoms with van der Waals surface area (Å²) < 4.78 is 6.18. The molecule has 0 saturated carbocycles. The Hall–Kier alpha value is 0.270. The predicted octanol–water partition coefficient (Wildman–Crippen LogP) is 3.70. The van der Waals surface area contributed by atoms with Gasteiger partial charge in [0.1, 0.15) is 0 Å². The van der Waals surface area contributed by atoms with Gasteiger partial charge in [-0.25, -0.2) is 0 Å². The summed E-state index contributed by atoms with van der Waals surface area (Å²) in [5, 5.41) is 3.78. The van der Waals surface area contributed by atoms with Gasteiger partial charge < -0.3 is 10.1 Å². The van der Waals surface area contributed by atoms with Gasteiger partial charge in [-0.2, -0.15) is 11.8 Å². The fourth-order valence-corrected chi connectivity index (χ4v) is 5.32. The van der Waals surface area contributed by atoms with Gasteiger partial charge in [0.2, 0.25) is 0 Å². The van der Waals surface area contributed by atoms with Gasteiger partial charge >= 0.3 is 0 Å². The molecule has 2 nitrogen and oxygen atoms in total. The average molecular weight is 285 g/mol. The molecule has 2 aliphatic heterocycles. The van der Waals surface area contributed by atoms with Crippen LogP contribution in [0, 0.1) is 11.8 Å². The van der Waals surface area contributed by atoms with Crippen LogP contribution in [0.25, 0.3) is 0 Å². The zero-order chi connectivity index (χ0) is 13.7. The standard InChI is InChI=1S/C16H31NOS/c1-4-6-13(3)15(17-5-2)14-7-9-18-16(11-14)8-10-19-12-16/h13-15,17H,4-12H2,1-3H3. The van der Waals surface area contributed by atoms with Crippen molar-refractivity contribution in [3.8, 4) is 0 Å². The fourth-order valence-electron chi connectivity index (χ4n) is 3.94. The van der Waals surface area contributed by atoms with Crippen LogP contribution in [0.5, 0.6) is 0 Å². The van der Waals surface area contributed by atoms with Gasteiger partial charge in [-0.05, 0) is 49.8 Å². The van der Waals surface area contributed by atoms with E-state index in [4.69, 9.17) is 4.74 Å². The fraction of sp³-hybridized carbons (Fsp3) is 1.00. The van der Waals surface area contributed by atoms with Crippen LogP contribution in [0.2, 0.25) is 0 Å². The molecule has 0 radical (unpaired) electrons. The first-order chi connectivity index (χ1) is 9.21. The van der Waals surface area contributed by atoms with Crippen LogP contribution < -0.4 is 5.32 Å². The smallest absolute Gasteiger partial charge is 0.0783 e. The lowest BCUT2D eigenvalue weighted by molar-refractivity contribution is -0.0881. The van der Waals surface area contributed by atoms with Gasteiger partial charge in [0, 0.05) is 18.4 Å². The van der Waals surface area contributed by atoms with Crippen LogP contribution in [0.4, 0.5) is 0 Å². The lowest BCUT2D eigenvalue weighted by atomic mass is 9.76. The van der Waals surface area contributed by atoms with Crippen molar-refractivity contribution >= 4 is 11.8 Å².